The van der Waals surface area contributed by atoms with E-state index in [1.54, 1.807) is 0 Å². The first-order valence-electron chi connectivity index (χ1n) is 8.24. The molecule has 0 aliphatic carbocycles. The van der Waals surface area contributed by atoms with Crippen LogP contribution in [0.15, 0.2) is 12.2 Å². The molecule has 0 saturated carbocycles. The van der Waals surface area contributed by atoms with E-state index in [0.717, 1.165) is 12.1 Å². The summed E-state index contributed by atoms with van der Waals surface area (Å²) in [7, 11) is 0. The minimum Gasteiger partial charge on any atom is -0.311 e. The molecular weight excluding hydrogens is 218 g/mol. The molecule has 0 radical (unpaired) electrons. The van der Waals surface area contributed by atoms with E-state index in [1.165, 1.54) is 70.6 Å². The van der Waals surface area contributed by atoms with Gasteiger partial charge in [-0.15, -0.1) is 0 Å². The van der Waals surface area contributed by atoms with Crippen LogP contribution < -0.4 is 5.32 Å². The summed E-state index contributed by atoms with van der Waals surface area (Å²) in [6.45, 7) is 4.59. The van der Waals surface area contributed by atoms with E-state index in [-0.39, 0.29) is 0 Å². The van der Waals surface area contributed by atoms with Crippen LogP contribution in [0.1, 0.15) is 84.5 Å². The van der Waals surface area contributed by atoms with E-state index < -0.39 is 0 Å². The number of piperidine rings is 1. The van der Waals surface area contributed by atoms with Crippen molar-refractivity contribution in [2.45, 2.75) is 96.6 Å². The van der Waals surface area contributed by atoms with Gasteiger partial charge in [0, 0.05) is 12.1 Å². The van der Waals surface area contributed by atoms with Gasteiger partial charge in [0.1, 0.15) is 0 Å². The van der Waals surface area contributed by atoms with Crippen molar-refractivity contribution in [2.24, 2.45) is 0 Å². The third kappa shape index (κ3) is 7.92. The number of hydrogen-bond donors (Lipinski definition) is 1. The molecule has 1 heteroatoms. The van der Waals surface area contributed by atoms with Crippen molar-refractivity contribution in [3.05, 3.63) is 12.2 Å². The second-order valence-corrected chi connectivity index (χ2v) is 5.96. The van der Waals surface area contributed by atoms with Crippen molar-refractivity contribution >= 4 is 0 Å². The molecule has 1 N–H and O–H groups in total. The smallest absolute Gasteiger partial charge is 0.0104 e. The molecular formula is C17H33N. The maximum absolute atomic E-state index is 3.69. The van der Waals surface area contributed by atoms with Gasteiger partial charge in [0.15, 0.2) is 0 Å². The van der Waals surface area contributed by atoms with E-state index in [0.29, 0.717) is 0 Å². The van der Waals surface area contributed by atoms with Crippen molar-refractivity contribution in [3.8, 4) is 0 Å². The molecule has 1 aliphatic heterocycles. The van der Waals surface area contributed by atoms with Crippen LogP contribution in [-0.2, 0) is 0 Å². The average Bonchev–Trinajstić information content (AvgIpc) is 2.37. The Bertz CT molecular complexity index is 210. The van der Waals surface area contributed by atoms with Crippen LogP contribution in [0.3, 0.4) is 0 Å². The highest BCUT2D eigenvalue weighted by atomic mass is 14.9. The number of nitrogens with one attached hydrogen (secondary N) is 1. The zero-order valence-electron chi connectivity index (χ0n) is 12.6. The van der Waals surface area contributed by atoms with Crippen molar-refractivity contribution < 1.29 is 0 Å². The van der Waals surface area contributed by atoms with Crippen molar-refractivity contribution in [1.82, 2.24) is 5.32 Å². The van der Waals surface area contributed by atoms with Gasteiger partial charge >= 0.3 is 0 Å². The molecule has 2 unspecified atom stereocenters. The van der Waals surface area contributed by atoms with Crippen molar-refractivity contribution in [1.29, 1.82) is 0 Å². The van der Waals surface area contributed by atoms with Gasteiger partial charge in [0.05, 0.1) is 0 Å². The van der Waals surface area contributed by atoms with Gasteiger partial charge in [-0.25, -0.2) is 0 Å². The summed E-state index contributed by atoms with van der Waals surface area (Å²) in [4.78, 5) is 0. The van der Waals surface area contributed by atoms with Gasteiger partial charge in [0.25, 0.3) is 0 Å². The highest BCUT2D eigenvalue weighted by molar-refractivity contribution is 4.89. The number of hydrogen-bond acceptors (Lipinski definition) is 1. The fourth-order valence-electron chi connectivity index (χ4n) is 2.85. The Labute approximate surface area is 114 Å². The zero-order chi connectivity index (χ0) is 13.1. The maximum atomic E-state index is 3.69. The van der Waals surface area contributed by atoms with Crippen LogP contribution in [0.2, 0.25) is 0 Å². The van der Waals surface area contributed by atoms with Gasteiger partial charge in [0.2, 0.25) is 0 Å². The lowest BCUT2D eigenvalue weighted by molar-refractivity contribution is 0.336. The second-order valence-electron chi connectivity index (χ2n) is 5.96. The molecule has 106 valence electrons. The van der Waals surface area contributed by atoms with Gasteiger partial charge in [-0.1, -0.05) is 57.6 Å². The summed E-state index contributed by atoms with van der Waals surface area (Å²) in [5.41, 5.74) is 0. The molecule has 0 spiro atoms. The summed E-state index contributed by atoms with van der Waals surface area (Å²) in [6, 6.07) is 1.48. The summed E-state index contributed by atoms with van der Waals surface area (Å²) in [6.07, 6.45) is 19.9. The van der Waals surface area contributed by atoms with E-state index in [1.807, 2.05) is 0 Å². The molecule has 1 nitrogen and oxygen atoms in total. The Kier molecular flexibility index (Phi) is 9.28. The van der Waals surface area contributed by atoms with Crippen LogP contribution in [0.25, 0.3) is 0 Å². The van der Waals surface area contributed by atoms with E-state index in [9.17, 15) is 0 Å². The molecule has 0 amide bonds. The molecule has 0 aromatic heterocycles. The highest BCUT2D eigenvalue weighted by Crippen LogP contribution is 2.15. The van der Waals surface area contributed by atoms with Crippen LogP contribution in [0.5, 0.6) is 0 Å². The monoisotopic (exact) mass is 251 g/mol. The minimum atomic E-state index is 0.732. The summed E-state index contributed by atoms with van der Waals surface area (Å²) >= 11 is 0. The summed E-state index contributed by atoms with van der Waals surface area (Å²) in [5, 5.41) is 3.69. The molecule has 1 saturated heterocycles. The fraction of sp³-hybridized carbons (Fsp3) is 0.882. The van der Waals surface area contributed by atoms with Gasteiger partial charge < -0.3 is 5.32 Å². The number of allylic oxidation sites excluding steroid dienone is 1. The van der Waals surface area contributed by atoms with Gasteiger partial charge in [-0.2, -0.15) is 0 Å². The summed E-state index contributed by atoms with van der Waals surface area (Å²) in [5.74, 6) is 0. The molecule has 2 atom stereocenters. The quantitative estimate of drug-likeness (QED) is 0.438. The fourth-order valence-corrected chi connectivity index (χ4v) is 2.85. The van der Waals surface area contributed by atoms with Crippen LogP contribution in [0, 0.1) is 0 Å². The lowest BCUT2D eigenvalue weighted by Gasteiger charge is -2.27. The normalized spacial score (nSPS) is 24.8. The topological polar surface area (TPSA) is 12.0 Å². The second kappa shape index (κ2) is 10.6. The largest absolute Gasteiger partial charge is 0.311 e. The predicted molar refractivity (Wildman–Crippen MR) is 82.0 cm³/mol. The third-order valence-electron chi connectivity index (χ3n) is 4.02. The van der Waals surface area contributed by atoms with Gasteiger partial charge in [-0.05, 0) is 39.0 Å². The molecule has 1 heterocycles. The Morgan fingerprint density at radius 3 is 2.56 bits per heavy atom. The van der Waals surface area contributed by atoms with Crippen LogP contribution in [0.4, 0.5) is 0 Å². The van der Waals surface area contributed by atoms with Crippen LogP contribution >= 0.6 is 0 Å². The lowest BCUT2D eigenvalue weighted by atomic mass is 9.97. The van der Waals surface area contributed by atoms with E-state index >= 15 is 0 Å². The molecule has 0 aromatic carbocycles. The third-order valence-corrected chi connectivity index (χ3v) is 4.02. The molecule has 0 bridgehead atoms. The maximum Gasteiger partial charge on any atom is 0.0104 e. The standard InChI is InChI=1S/C17H33N/c1-3-4-5-6-7-8-9-10-11-14-17-15-12-13-16(2)18-17/h10-11,16-18H,3-9,12-15H2,1-2H3/b11-10-. The first-order chi connectivity index (χ1) is 8.83. The number of rotatable bonds is 9. The first kappa shape index (κ1) is 15.8. The molecule has 18 heavy (non-hydrogen) atoms. The average molecular weight is 251 g/mol. The Morgan fingerprint density at radius 1 is 1.00 bits per heavy atom. The molecule has 1 aliphatic rings. The number of unbranched alkanes of at least 4 members (excludes halogenated alkanes) is 6. The van der Waals surface area contributed by atoms with Crippen LogP contribution in [-0.4, -0.2) is 12.1 Å². The zero-order valence-corrected chi connectivity index (χ0v) is 12.6. The van der Waals surface area contributed by atoms with E-state index in [4.69, 9.17) is 0 Å². The minimum absolute atomic E-state index is 0.732. The van der Waals surface area contributed by atoms with Crippen molar-refractivity contribution in [2.75, 3.05) is 0 Å². The Hall–Kier alpha value is -0.300. The molecule has 0 aromatic rings. The Balaban J connectivity index is 1.90. The SMILES string of the molecule is CCCCCCCC/C=C\CC1CCCC(C)N1. The molecule has 1 rings (SSSR count). The summed E-state index contributed by atoms with van der Waals surface area (Å²) < 4.78 is 0. The Morgan fingerprint density at radius 2 is 1.78 bits per heavy atom. The van der Waals surface area contributed by atoms with Gasteiger partial charge in [-0.3, -0.25) is 0 Å². The highest BCUT2D eigenvalue weighted by Gasteiger charge is 2.15. The van der Waals surface area contributed by atoms with Crippen molar-refractivity contribution in [3.63, 3.8) is 0 Å². The predicted octanol–water partition coefficient (Wildman–Crippen LogP) is 5.21. The van der Waals surface area contributed by atoms with E-state index in [2.05, 4.69) is 31.3 Å². The molecule has 1 fully saturated rings. The first-order valence-corrected chi connectivity index (χ1v) is 8.24. The lowest BCUT2D eigenvalue weighted by Crippen LogP contribution is -2.40.